The van der Waals surface area contributed by atoms with Gasteiger partial charge in [-0.05, 0) is 91.9 Å². The van der Waals surface area contributed by atoms with Gasteiger partial charge >= 0.3 is 5.97 Å². The van der Waals surface area contributed by atoms with Crippen LogP contribution in [0.3, 0.4) is 0 Å². The van der Waals surface area contributed by atoms with E-state index in [4.69, 9.17) is 9.47 Å². The average Bonchev–Trinajstić information content (AvgIpc) is 3.25. The fourth-order valence-corrected chi connectivity index (χ4v) is 8.62. The molecule has 41 heavy (non-hydrogen) atoms. The van der Waals surface area contributed by atoms with Gasteiger partial charge < -0.3 is 19.9 Å². The number of carbonyl (C=O) groups is 4. The smallest absolute Gasteiger partial charge is 0.306 e. The van der Waals surface area contributed by atoms with Crippen LogP contribution in [0, 0.1) is 28.6 Å². The van der Waals surface area contributed by atoms with Crippen LogP contribution in [0.5, 0.6) is 5.75 Å². The van der Waals surface area contributed by atoms with Gasteiger partial charge in [-0.2, -0.15) is 0 Å². The van der Waals surface area contributed by atoms with Crippen LogP contribution in [0.1, 0.15) is 83.6 Å². The molecule has 2 N–H and O–H groups in total. The van der Waals surface area contributed by atoms with Crippen molar-refractivity contribution in [1.82, 2.24) is 5.32 Å². The molecule has 5 rings (SSSR count). The number of hydrogen-bond acceptors (Lipinski definition) is 7. The highest BCUT2D eigenvalue weighted by Crippen LogP contribution is 2.67. The summed E-state index contributed by atoms with van der Waals surface area (Å²) in [4.78, 5) is 50.1. The highest BCUT2D eigenvalue weighted by Gasteiger charge is 2.66. The number of esters is 1. The SMILES string of the molecule is COc1ccc(CNC(=O)CCC(=O)OCC(=O)[C@@]2(O)CC[C@@H]3[C@@H]4CCC5=CC(=O)CC[C@]5(C)[C@H]4CC[C@@]32C)cc1. The molecule has 0 aliphatic heterocycles. The first-order chi connectivity index (χ1) is 19.5. The van der Waals surface area contributed by atoms with E-state index in [1.54, 1.807) is 7.11 Å². The maximum absolute atomic E-state index is 13.4. The lowest BCUT2D eigenvalue weighted by molar-refractivity contribution is -0.170. The van der Waals surface area contributed by atoms with Gasteiger partial charge in [0.2, 0.25) is 11.7 Å². The quantitative estimate of drug-likeness (QED) is 0.424. The molecule has 0 bridgehead atoms. The molecule has 222 valence electrons. The molecule has 3 fully saturated rings. The molecule has 4 aliphatic carbocycles. The maximum Gasteiger partial charge on any atom is 0.306 e. The molecule has 0 aromatic heterocycles. The van der Waals surface area contributed by atoms with Gasteiger partial charge in [0.25, 0.3) is 0 Å². The standard InChI is InChI=1S/C33H43NO7/c1-31-15-12-23(35)18-22(31)6-9-25-26(31)13-16-32(2)27(25)14-17-33(32,39)28(36)20-41-30(38)11-10-29(37)34-19-21-4-7-24(40-3)8-5-21/h4-5,7-8,18,25-27,39H,6,9-17,19-20H2,1-3H3,(H,34,37)/t25-,26+,27-,31+,32+,33+/m1/s1. The molecule has 0 saturated heterocycles. The minimum Gasteiger partial charge on any atom is -0.497 e. The van der Waals surface area contributed by atoms with Gasteiger partial charge in [0.15, 0.2) is 12.4 Å². The Morgan fingerprint density at radius 1 is 0.976 bits per heavy atom. The molecular formula is C33H43NO7. The first kappa shape index (κ1) is 29.5. The largest absolute Gasteiger partial charge is 0.497 e. The van der Waals surface area contributed by atoms with Gasteiger partial charge in [0.1, 0.15) is 11.4 Å². The van der Waals surface area contributed by atoms with Crippen LogP contribution in [0.2, 0.25) is 0 Å². The van der Waals surface area contributed by atoms with E-state index in [0.717, 1.165) is 49.8 Å². The zero-order valence-electron chi connectivity index (χ0n) is 24.5. The second-order valence-electron chi connectivity index (χ2n) is 13.0. The fourth-order valence-electron chi connectivity index (χ4n) is 8.62. The number of hydrogen-bond donors (Lipinski definition) is 2. The number of fused-ring (bicyclic) bond motifs is 5. The Morgan fingerprint density at radius 2 is 1.71 bits per heavy atom. The first-order valence-corrected chi connectivity index (χ1v) is 15.0. The van der Waals surface area contributed by atoms with E-state index in [1.807, 2.05) is 37.3 Å². The van der Waals surface area contributed by atoms with E-state index >= 15 is 0 Å². The number of ketones is 2. The Morgan fingerprint density at radius 3 is 2.44 bits per heavy atom. The molecule has 1 amide bonds. The van der Waals surface area contributed by atoms with Crippen molar-refractivity contribution in [3.8, 4) is 5.75 Å². The molecule has 0 heterocycles. The second kappa shape index (κ2) is 11.3. The minimum absolute atomic E-state index is 0.0271. The third-order valence-corrected chi connectivity index (χ3v) is 11.1. The Kier molecular flexibility index (Phi) is 8.16. The maximum atomic E-state index is 13.4. The lowest BCUT2D eigenvalue weighted by atomic mass is 9.46. The molecular weight excluding hydrogens is 522 g/mol. The van der Waals surface area contributed by atoms with Crippen molar-refractivity contribution >= 4 is 23.4 Å². The number of carbonyl (C=O) groups excluding carboxylic acids is 4. The van der Waals surface area contributed by atoms with Crippen molar-refractivity contribution in [3.05, 3.63) is 41.5 Å². The first-order valence-electron chi connectivity index (χ1n) is 15.0. The van der Waals surface area contributed by atoms with E-state index in [2.05, 4.69) is 12.2 Å². The monoisotopic (exact) mass is 565 g/mol. The van der Waals surface area contributed by atoms with E-state index < -0.39 is 29.4 Å². The van der Waals surface area contributed by atoms with Crippen molar-refractivity contribution in [3.63, 3.8) is 0 Å². The molecule has 8 heteroatoms. The highest BCUT2D eigenvalue weighted by molar-refractivity contribution is 5.92. The van der Waals surface area contributed by atoms with Crippen LogP contribution >= 0.6 is 0 Å². The Balaban J connectivity index is 1.12. The summed E-state index contributed by atoms with van der Waals surface area (Å²) in [7, 11) is 1.59. The molecule has 3 saturated carbocycles. The van der Waals surface area contributed by atoms with Crippen molar-refractivity contribution < 1.29 is 33.8 Å². The molecule has 0 spiro atoms. The Hall–Kier alpha value is -3.00. The average molecular weight is 566 g/mol. The van der Waals surface area contributed by atoms with Crippen LogP contribution < -0.4 is 10.1 Å². The summed E-state index contributed by atoms with van der Waals surface area (Å²) >= 11 is 0. The topological polar surface area (TPSA) is 119 Å². The number of amides is 1. The molecule has 8 nitrogen and oxygen atoms in total. The van der Waals surface area contributed by atoms with Gasteiger partial charge in [-0.15, -0.1) is 0 Å². The number of ether oxygens (including phenoxy) is 2. The van der Waals surface area contributed by atoms with Gasteiger partial charge in [-0.3, -0.25) is 19.2 Å². The second-order valence-corrected chi connectivity index (χ2v) is 13.0. The van der Waals surface area contributed by atoms with E-state index in [1.165, 1.54) is 5.57 Å². The molecule has 1 aromatic carbocycles. The van der Waals surface area contributed by atoms with Crippen molar-refractivity contribution in [2.75, 3.05) is 13.7 Å². The zero-order valence-corrected chi connectivity index (χ0v) is 24.5. The van der Waals surface area contributed by atoms with E-state index in [9.17, 15) is 24.3 Å². The lowest BCUT2D eigenvalue weighted by Crippen LogP contribution is -2.58. The van der Waals surface area contributed by atoms with Crippen LogP contribution in [0.25, 0.3) is 0 Å². The third-order valence-electron chi connectivity index (χ3n) is 11.1. The van der Waals surface area contributed by atoms with Crippen LogP contribution in [0.15, 0.2) is 35.9 Å². The molecule has 0 unspecified atom stereocenters. The molecule has 6 atom stereocenters. The van der Waals surface area contributed by atoms with Crippen molar-refractivity contribution in [2.45, 2.75) is 90.2 Å². The van der Waals surface area contributed by atoms with Crippen molar-refractivity contribution in [2.24, 2.45) is 28.6 Å². The van der Waals surface area contributed by atoms with Gasteiger partial charge in [-0.1, -0.05) is 31.6 Å². The normalized spacial score (nSPS) is 34.0. The van der Waals surface area contributed by atoms with Gasteiger partial charge in [-0.25, -0.2) is 0 Å². The van der Waals surface area contributed by atoms with Crippen LogP contribution in [-0.4, -0.2) is 47.9 Å². The number of allylic oxidation sites excluding steroid dienone is 1. The van der Waals surface area contributed by atoms with E-state index in [0.29, 0.717) is 31.2 Å². The zero-order chi connectivity index (χ0) is 29.4. The molecule has 4 aliphatic rings. The predicted molar refractivity (Wildman–Crippen MR) is 152 cm³/mol. The van der Waals surface area contributed by atoms with Gasteiger partial charge in [0.05, 0.1) is 13.5 Å². The molecule has 1 aromatic rings. The summed E-state index contributed by atoms with van der Waals surface area (Å²) < 4.78 is 10.4. The summed E-state index contributed by atoms with van der Waals surface area (Å²) in [6.07, 6.45) is 7.90. The number of aliphatic hydroxyl groups is 1. The summed E-state index contributed by atoms with van der Waals surface area (Å²) in [6, 6.07) is 7.33. The van der Waals surface area contributed by atoms with Crippen LogP contribution in [0.4, 0.5) is 0 Å². The minimum atomic E-state index is -1.53. The predicted octanol–water partition coefficient (Wildman–Crippen LogP) is 4.47. The summed E-state index contributed by atoms with van der Waals surface area (Å²) in [6.45, 7) is 4.22. The number of nitrogens with one attached hydrogen (secondary N) is 1. The Bertz CT molecular complexity index is 1240. The third kappa shape index (κ3) is 5.36. The fraction of sp³-hybridized carbons (Fsp3) is 0.636. The van der Waals surface area contributed by atoms with Crippen LogP contribution in [-0.2, 0) is 30.5 Å². The summed E-state index contributed by atoms with van der Waals surface area (Å²) in [5, 5.41) is 14.6. The Labute approximate surface area is 242 Å². The lowest BCUT2D eigenvalue weighted by Gasteiger charge is -2.58. The number of benzene rings is 1. The number of methoxy groups -OCH3 is 1. The molecule has 0 radical (unpaired) electrons. The summed E-state index contributed by atoms with van der Waals surface area (Å²) in [5.74, 6) is 0.698. The highest BCUT2D eigenvalue weighted by atomic mass is 16.5. The van der Waals surface area contributed by atoms with E-state index in [-0.39, 0.29) is 35.9 Å². The number of rotatable bonds is 9. The number of Topliss-reactive ketones (excluding diaryl/α,β-unsaturated/α-hetero) is 1. The summed E-state index contributed by atoms with van der Waals surface area (Å²) in [5.41, 5.74) is 0.133. The van der Waals surface area contributed by atoms with Crippen molar-refractivity contribution in [1.29, 1.82) is 0 Å². The van der Waals surface area contributed by atoms with Gasteiger partial charge in [0, 0.05) is 24.8 Å².